The average Bonchev–Trinajstić information content (AvgIpc) is 2.49. The maximum absolute atomic E-state index is 12.0. The number of methoxy groups -OCH3 is 1. The van der Waals surface area contributed by atoms with Gasteiger partial charge in [-0.3, -0.25) is 9.59 Å². The van der Waals surface area contributed by atoms with Gasteiger partial charge in [0, 0.05) is 17.8 Å². The highest BCUT2D eigenvalue weighted by Gasteiger charge is 2.25. The molecule has 0 radical (unpaired) electrons. The third-order valence-corrected chi connectivity index (χ3v) is 3.96. The standard InChI is InChI=1S/C16H22N2O3/c1-11-6-3-4-9-14(11)18-16(20)15(19)17-12-7-5-8-13(10-12)21-2/h5,7-8,10-11,14H,3-4,6,9H2,1-2H3,(H,17,19)(H,18,20)/t11-,14+/m0/s1. The number of carbonyl (C=O) groups excluding carboxylic acids is 2. The molecule has 21 heavy (non-hydrogen) atoms. The molecule has 114 valence electrons. The van der Waals surface area contributed by atoms with E-state index in [1.54, 1.807) is 31.4 Å². The summed E-state index contributed by atoms with van der Waals surface area (Å²) in [5.74, 6) is -0.154. The van der Waals surface area contributed by atoms with E-state index in [2.05, 4.69) is 17.6 Å². The van der Waals surface area contributed by atoms with Gasteiger partial charge >= 0.3 is 11.8 Å². The lowest BCUT2D eigenvalue weighted by Crippen LogP contribution is -2.45. The molecule has 1 fully saturated rings. The molecular weight excluding hydrogens is 268 g/mol. The lowest BCUT2D eigenvalue weighted by atomic mass is 9.86. The zero-order chi connectivity index (χ0) is 15.2. The van der Waals surface area contributed by atoms with Crippen LogP contribution in [0.5, 0.6) is 5.75 Å². The van der Waals surface area contributed by atoms with E-state index in [-0.39, 0.29) is 6.04 Å². The van der Waals surface area contributed by atoms with Crippen LogP contribution in [0.25, 0.3) is 0 Å². The van der Waals surface area contributed by atoms with Gasteiger partial charge in [-0.15, -0.1) is 0 Å². The van der Waals surface area contributed by atoms with Crippen LogP contribution in [0.4, 0.5) is 5.69 Å². The minimum atomic E-state index is -0.638. The van der Waals surface area contributed by atoms with E-state index in [4.69, 9.17) is 4.74 Å². The number of rotatable bonds is 3. The predicted octanol–water partition coefficient (Wildman–Crippen LogP) is 2.33. The highest BCUT2D eigenvalue weighted by Crippen LogP contribution is 2.23. The minimum absolute atomic E-state index is 0.0994. The van der Waals surface area contributed by atoms with Gasteiger partial charge in [-0.25, -0.2) is 0 Å². The Labute approximate surface area is 125 Å². The first-order valence-corrected chi connectivity index (χ1v) is 7.36. The zero-order valence-electron chi connectivity index (χ0n) is 12.5. The monoisotopic (exact) mass is 290 g/mol. The van der Waals surface area contributed by atoms with Crippen LogP contribution < -0.4 is 15.4 Å². The van der Waals surface area contributed by atoms with Gasteiger partial charge < -0.3 is 15.4 Å². The van der Waals surface area contributed by atoms with Crippen molar-refractivity contribution < 1.29 is 14.3 Å². The lowest BCUT2D eigenvalue weighted by molar-refractivity contribution is -0.137. The molecule has 0 heterocycles. The molecule has 5 nitrogen and oxygen atoms in total. The van der Waals surface area contributed by atoms with Gasteiger partial charge in [-0.2, -0.15) is 0 Å². The zero-order valence-corrected chi connectivity index (χ0v) is 12.5. The fourth-order valence-electron chi connectivity index (χ4n) is 2.65. The van der Waals surface area contributed by atoms with E-state index in [9.17, 15) is 9.59 Å². The summed E-state index contributed by atoms with van der Waals surface area (Å²) < 4.78 is 5.08. The van der Waals surface area contributed by atoms with Gasteiger partial charge in [0.25, 0.3) is 0 Å². The van der Waals surface area contributed by atoms with Crippen molar-refractivity contribution in [2.45, 2.75) is 38.6 Å². The number of ether oxygens (including phenoxy) is 1. The molecule has 0 unspecified atom stereocenters. The largest absolute Gasteiger partial charge is 0.497 e. The Morgan fingerprint density at radius 1 is 1.19 bits per heavy atom. The number of hydrogen-bond donors (Lipinski definition) is 2. The van der Waals surface area contributed by atoms with E-state index >= 15 is 0 Å². The van der Waals surface area contributed by atoms with Gasteiger partial charge in [0.05, 0.1) is 7.11 Å². The SMILES string of the molecule is COc1cccc(NC(=O)C(=O)N[C@@H]2CCCC[C@@H]2C)c1. The Morgan fingerprint density at radius 2 is 1.95 bits per heavy atom. The van der Waals surface area contributed by atoms with Crippen molar-refractivity contribution in [3.05, 3.63) is 24.3 Å². The molecule has 2 rings (SSSR count). The van der Waals surface area contributed by atoms with Gasteiger partial charge in [0.2, 0.25) is 0 Å². The average molecular weight is 290 g/mol. The third-order valence-electron chi connectivity index (χ3n) is 3.96. The molecule has 0 saturated heterocycles. The van der Waals surface area contributed by atoms with E-state index in [0.717, 1.165) is 19.3 Å². The molecule has 0 bridgehead atoms. The van der Waals surface area contributed by atoms with Gasteiger partial charge in [-0.05, 0) is 30.9 Å². The van der Waals surface area contributed by atoms with E-state index in [1.165, 1.54) is 6.42 Å². The van der Waals surface area contributed by atoms with Gasteiger partial charge in [-0.1, -0.05) is 25.8 Å². The van der Waals surface area contributed by atoms with Crippen LogP contribution in [0, 0.1) is 5.92 Å². The van der Waals surface area contributed by atoms with Crippen molar-refractivity contribution in [1.82, 2.24) is 5.32 Å². The van der Waals surface area contributed by atoms with Crippen molar-refractivity contribution in [2.75, 3.05) is 12.4 Å². The lowest BCUT2D eigenvalue weighted by Gasteiger charge is -2.29. The van der Waals surface area contributed by atoms with Crippen molar-refractivity contribution in [2.24, 2.45) is 5.92 Å². The molecule has 1 saturated carbocycles. The Bertz CT molecular complexity index is 516. The topological polar surface area (TPSA) is 67.4 Å². The summed E-state index contributed by atoms with van der Waals surface area (Å²) >= 11 is 0. The quantitative estimate of drug-likeness (QED) is 0.840. The molecule has 1 aliphatic carbocycles. The highest BCUT2D eigenvalue weighted by atomic mass is 16.5. The molecule has 0 spiro atoms. The molecular formula is C16H22N2O3. The minimum Gasteiger partial charge on any atom is -0.497 e. The normalized spacial score (nSPS) is 21.4. The van der Waals surface area contributed by atoms with Crippen LogP contribution in [0.15, 0.2) is 24.3 Å². The summed E-state index contributed by atoms with van der Waals surface area (Å²) in [6, 6.07) is 7.03. The summed E-state index contributed by atoms with van der Waals surface area (Å²) in [7, 11) is 1.55. The molecule has 1 aromatic carbocycles. The molecule has 2 N–H and O–H groups in total. The highest BCUT2D eigenvalue weighted by molar-refractivity contribution is 6.39. The Morgan fingerprint density at radius 3 is 2.67 bits per heavy atom. The summed E-state index contributed by atoms with van der Waals surface area (Å²) in [6.07, 6.45) is 4.35. The Hall–Kier alpha value is -2.04. The van der Waals surface area contributed by atoms with E-state index in [0.29, 0.717) is 17.4 Å². The molecule has 2 atom stereocenters. The number of benzene rings is 1. The summed E-state index contributed by atoms with van der Waals surface area (Å²) in [5.41, 5.74) is 0.547. The number of amides is 2. The van der Waals surface area contributed by atoms with Gasteiger partial charge in [0.15, 0.2) is 0 Å². The van der Waals surface area contributed by atoms with Crippen molar-refractivity contribution in [3.8, 4) is 5.75 Å². The number of nitrogens with one attached hydrogen (secondary N) is 2. The molecule has 1 aliphatic rings. The first-order valence-electron chi connectivity index (χ1n) is 7.36. The van der Waals surface area contributed by atoms with E-state index < -0.39 is 11.8 Å². The van der Waals surface area contributed by atoms with Crippen molar-refractivity contribution >= 4 is 17.5 Å². The second kappa shape index (κ2) is 7.11. The molecule has 5 heteroatoms. The maximum Gasteiger partial charge on any atom is 0.313 e. The van der Waals surface area contributed by atoms with E-state index in [1.807, 2.05) is 0 Å². The Balaban J connectivity index is 1.91. The van der Waals surface area contributed by atoms with Crippen LogP contribution in [-0.2, 0) is 9.59 Å². The number of hydrogen-bond acceptors (Lipinski definition) is 3. The summed E-state index contributed by atoms with van der Waals surface area (Å²) in [4.78, 5) is 23.9. The van der Waals surface area contributed by atoms with Crippen LogP contribution in [0.2, 0.25) is 0 Å². The molecule has 1 aromatic rings. The fourth-order valence-corrected chi connectivity index (χ4v) is 2.65. The summed E-state index contributed by atoms with van der Waals surface area (Å²) in [5, 5.41) is 5.42. The van der Waals surface area contributed by atoms with Crippen LogP contribution in [0.1, 0.15) is 32.6 Å². The molecule has 0 aliphatic heterocycles. The third kappa shape index (κ3) is 4.21. The predicted molar refractivity (Wildman–Crippen MR) is 81.2 cm³/mol. The van der Waals surface area contributed by atoms with Crippen LogP contribution in [-0.4, -0.2) is 25.0 Å². The smallest absolute Gasteiger partial charge is 0.313 e. The van der Waals surface area contributed by atoms with Gasteiger partial charge in [0.1, 0.15) is 5.75 Å². The Kier molecular flexibility index (Phi) is 5.20. The fraction of sp³-hybridized carbons (Fsp3) is 0.500. The first-order chi connectivity index (χ1) is 10.1. The second-order valence-electron chi connectivity index (χ2n) is 5.53. The molecule has 2 amide bonds. The van der Waals surface area contributed by atoms with Crippen LogP contribution in [0.3, 0.4) is 0 Å². The van der Waals surface area contributed by atoms with Crippen molar-refractivity contribution in [3.63, 3.8) is 0 Å². The first kappa shape index (κ1) is 15.4. The number of anilines is 1. The summed E-state index contributed by atoms with van der Waals surface area (Å²) in [6.45, 7) is 2.12. The molecule has 0 aromatic heterocycles. The maximum atomic E-state index is 12.0. The van der Waals surface area contributed by atoms with Crippen LogP contribution >= 0.6 is 0 Å². The second-order valence-corrected chi connectivity index (χ2v) is 5.53. The number of carbonyl (C=O) groups is 2. The van der Waals surface area contributed by atoms with Crippen molar-refractivity contribution in [1.29, 1.82) is 0 Å².